The number of ether oxygens (including phenoxy) is 1. The van der Waals surface area contributed by atoms with E-state index in [0.717, 1.165) is 53.7 Å². The second-order valence-corrected chi connectivity index (χ2v) is 14.2. The maximum Gasteiger partial charge on any atom is 0.269 e. The van der Waals surface area contributed by atoms with E-state index in [0.29, 0.717) is 34.5 Å². The molecule has 0 bridgehead atoms. The fourth-order valence-electron chi connectivity index (χ4n) is 6.07. The lowest BCUT2D eigenvalue weighted by Crippen LogP contribution is -1.89. The molecule has 0 atom stereocenters. The Morgan fingerprint density at radius 2 is 0.745 bits per heavy atom. The minimum absolute atomic E-state index is 0.00302. The van der Waals surface area contributed by atoms with Gasteiger partial charge in [-0.15, -0.1) is 0 Å². The van der Waals surface area contributed by atoms with Crippen LogP contribution in [-0.4, -0.2) is 29.8 Å². The molecule has 13 heteroatoms. The van der Waals surface area contributed by atoms with Crippen LogP contribution in [0.1, 0.15) is 0 Å². The minimum atomic E-state index is -0.424. The van der Waals surface area contributed by atoms with Crippen molar-refractivity contribution in [3.05, 3.63) is 175 Å². The Hall–Kier alpha value is -6.70. The number of nitrogens with one attached hydrogen (secondary N) is 2. The molecule has 0 aliphatic heterocycles. The molecule has 0 amide bonds. The molecular formula is C42H26Br2N6O5. The third-order valence-electron chi connectivity index (χ3n) is 8.87. The van der Waals surface area contributed by atoms with Gasteiger partial charge in [0.05, 0.1) is 32.6 Å². The summed E-state index contributed by atoms with van der Waals surface area (Å²) < 4.78 is 8.14. The van der Waals surface area contributed by atoms with E-state index < -0.39 is 9.85 Å². The molecule has 0 aliphatic carbocycles. The molecule has 268 valence electrons. The maximum atomic E-state index is 11.3. The quantitative estimate of drug-likeness (QED) is 0.103. The molecule has 0 spiro atoms. The maximum absolute atomic E-state index is 11.3. The molecule has 0 unspecified atom stereocenters. The summed E-state index contributed by atoms with van der Waals surface area (Å²) in [7, 11) is 0. The molecule has 0 fully saturated rings. The Bertz CT molecular complexity index is 2470. The van der Waals surface area contributed by atoms with Crippen molar-refractivity contribution < 1.29 is 14.6 Å². The van der Waals surface area contributed by atoms with Crippen molar-refractivity contribution in [3.63, 3.8) is 0 Å². The van der Waals surface area contributed by atoms with E-state index in [4.69, 9.17) is 14.7 Å². The Labute approximate surface area is 330 Å². The Balaban J connectivity index is 1.07. The van der Waals surface area contributed by atoms with Crippen molar-refractivity contribution in [3.8, 4) is 79.3 Å². The number of non-ortho nitro benzene ring substituents is 2. The summed E-state index contributed by atoms with van der Waals surface area (Å²) in [5, 5.41) is 22.6. The number of hydrogen-bond donors (Lipinski definition) is 2. The fourth-order valence-corrected chi connectivity index (χ4v) is 6.60. The average Bonchev–Trinajstić information content (AvgIpc) is 3.86. The Kier molecular flexibility index (Phi) is 9.62. The number of halogens is 2. The van der Waals surface area contributed by atoms with Crippen LogP contribution in [0.3, 0.4) is 0 Å². The third kappa shape index (κ3) is 7.56. The second-order valence-electron chi connectivity index (χ2n) is 12.4. The summed E-state index contributed by atoms with van der Waals surface area (Å²) in [5.74, 6) is 2.55. The van der Waals surface area contributed by atoms with Gasteiger partial charge in [0.25, 0.3) is 11.4 Å². The average molecular weight is 855 g/mol. The summed E-state index contributed by atoms with van der Waals surface area (Å²) in [6, 6.07) is 43.5. The second kappa shape index (κ2) is 15.0. The van der Waals surface area contributed by atoms with Gasteiger partial charge >= 0.3 is 0 Å². The molecule has 2 heterocycles. The molecular weight excluding hydrogens is 828 g/mol. The summed E-state index contributed by atoms with van der Waals surface area (Å²) in [6.07, 6.45) is 0. The van der Waals surface area contributed by atoms with E-state index in [1.807, 2.05) is 97.1 Å². The van der Waals surface area contributed by atoms with Crippen LogP contribution in [-0.2, 0) is 0 Å². The molecule has 0 saturated heterocycles. The van der Waals surface area contributed by atoms with Crippen LogP contribution in [0, 0.1) is 20.2 Å². The highest BCUT2D eigenvalue weighted by Crippen LogP contribution is 2.37. The standard InChI is InChI=1S/C42H26Br2N6O5/c43-31-13-1-29(2-14-31)41-45-37(25-5-17-33(18-6-25)49(51)52)39(47-41)27-9-21-35(22-10-27)55-36-23-11-28(12-24-36)40-38(26-7-19-34(20-8-26)50(53)54)46-42(48-40)30-3-15-32(44)16-4-30/h1-24H,(H,45,47)(H,46,48). The number of hydrogen-bond acceptors (Lipinski definition) is 7. The number of benzene rings is 6. The van der Waals surface area contributed by atoms with E-state index in [1.165, 1.54) is 24.3 Å². The lowest BCUT2D eigenvalue weighted by Gasteiger charge is -2.09. The predicted molar refractivity (Wildman–Crippen MR) is 219 cm³/mol. The van der Waals surface area contributed by atoms with Gasteiger partial charge in [-0.05, 0) is 97.1 Å². The van der Waals surface area contributed by atoms with E-state index in [2.05, 4.69) is 41.8 Å². The Morgan fingerprint density at radius 3 is 1.11 bits per heavy atom. The summed E-state index contributed by atoms with van der Waals surface area (Å²) in [6.45, 7) is 0. The summed E-state index contributed by atoms with van der Waals surface area (Å²) in [4.78, 5) is 38.5. The normalized spacial score (nSPS) is 11.0. The molecule has 0 radical (unpaired) electrons. The molecule has 2 aromatic heterocycles. The van der Waals surface area contributed by atoms with Crippen LogP contribution in [0.25, 0.3) is 67.8 Å². The highest BCUT2D eigenvalue weighted by Gasteiger charge is 2.19. The van der Waals surface area contributed by atoms with E-state index in [9.17, 15) is 20.2 Å². The van der Waals surface area contributed by atoms with Gasteiger partial charge in [0, 0.05) is 66.6 Å². The smallest absolute Gasteiger partial charge is 0.269 e. The van der Waals surface area contributed by atoms with Crippen LogP contribution in [0.2, 0.25) is 0 Å². The van der Waals surface area contributed by atoms with Gasteiger partial charge in [0.15, 0.2) is 0 Å². The predicted octanol–water partition coefficient (Wildman–Crippen LogP) is 12.3. The van der Waals surface area contributed by atoms with Crippen molar-refractivity contribution >= 4 is 43.2 Å². The zero-order valence-electron chi connectivity index (χ0n) is 28.4. The van der Waals surface area contributed by atoms with Crippen LogP contribution in [0.15, 0.2) is 155 Å². The number of nitro groups is 2. The molecule has 8 aromatic rings. The first-order valence-corrected chi connectivity index (χ1v) is 18.4. The van der Waals surface area contributed by atoms with E-state index >= 15 is 0 Å². The third-order valence-corrected chi connectivity index (χ3v) is 9.93. The van der Waals surface area contributed by atoms with Crippen molar-refractivity contribution in [1.82, 2.24) is 19.9 Å². The van der Waals surface area contributed by atoms with Crippen LogP contribution in [0.4, 0.5) is 11.4 Å². The van der Waals surface area contributed by atoms with Crippen molar-refractivity contribution in [2.45, 2.75) is 0 Å². The largest absolute Gasteiger partial charge is 0.457 e. The van der Waals surface area contributed by atoms with Crippen LogP contribution >= 0.6 is 31.9 Å². The van der Waals surface area contributed by atoms with Crippen LogP contribution in [0.5, 0.6) is 11.5 Å². The van der Waals surface area contributed by atoms with Gasteiger partial charge in [-0.2, -0.15) is 0 Å². The zero-order chi connectivity index (χ0) is 38.1. The highest BCUT2D eigenvalue weighted by atomic mass is 79.9. The number of nitrogens with zero attached hydrogens (tertiary/aromatic N) is 4. The number of aromatic nitrogens is 4. The number of nitro benzene ring substituents is 2. The number of imidazole rings is 2. The van der Waals surface area contributed by atoms with Gasteiger partial charge < -0.3 is 14.7 Å². The lowest BCUT2D eigenvalue weighted by atomic mass is 10.0. The van der Waals surface area contributed by atoms with Gasteiger partial charge in [0.2, 0.25) is 0 Å². The van der Waals surface area contributed by atoms with Crippen molar-refractivity contribution in [2.75, 3.05) is 0 Å². The molecule has 8 rings (SSSR count). The molecule has 11 nitrogen and oxygen atoms in total. The summed E-state index contributed by atoms with van der Waals surface area (Å²) >= 11 is 6.96. The van der Waals surface area contributed by atoms with Crippen molar-refractivity contribution in [1.29, 1.82) is 0 Å². The number of rotatable bonds is 10. The first kappa shape index (κ1) is 35.3. The highest BCUT2D eigenvalue weighted by molar-refractivity contribution is 9.10. The SMILES string of the molecule is O=[N+]([O-])c1ccc(-c2nc(-c3ccc(Br)cc3)[nH]c2-c2ccc(Oc3ccc(-c4nc(-c5ccc(Br)cc5)[nH]c4-c4ccc([N+](=O)[O-])cc4)cc3)cc2)cc1. The molecule has 6 aromatic carbocycles. The van der Waals surface area contributed by atoms with E-state index in [1.54, 1.807) is 24.3 Å². The molecule has 0 aliphatic rings. The Morgan fingerprint density at radius 1 is 0.436 bits per heavy atom. The van der Waals surface area contributed by atoms with Gasteiger partial charge in [-0.1, -0.05) is 56.1 Å². The minimum Gasteiger partial charge on any atom is -0.457 e. The van der Waals surface area contributed by atoms with Crippen molar-refractivity contribution in [2.24, 2.45) is 0 Å². The van der Waals surface area contributed by atoms with Crippen LogP contribution < -0.4 is 4.74 Å². The topological polar surface area (TPSA) is 153 Å². The molecule has 0 saturated carbocycles. The number of aromatic amines is 2. The van der Waals surface area contributed by atoms with Gasteiger partial charge in [-0.3, -0.25) is 20.2 Å². The first-order chi connectivity index (χ1) is 26.7. The number of H-pyrrole nitrogens is 2. The van der Waals surface area contributed by atoms with Gasteiger partial charge in [0.1, 0.15) is 23.1 Å². The van der Waals surface area contributed by atoms with E-state index in [-0.39, 0.29) is 11.4 Å². The summed E-state index contributed by atoms with van der Waals surface area (Å²) in [5.41, 5.74) is 7.80. The lowest BCUT2D eigenvalue weighted by molar-refractivity contribution is -0.385. The molecule has 55 heavy (non-hydrogen) atoms. The fraction of sp³-hybridized carbons (Fsp3) is 0. The molecule has 2 N–H and O–H groups in total. The first-order valence-electron chi connectivity index (χ1n) is 16.8. The zero-order valence-corrected chi connectivity index (χ0v) is 31.6. The van der Waals surface area contributed by atoms with Gasteiger partial charge in [-0.25, -0.2) is 9.97 Å². The monoisotopic (exact) mass is 852 g/mol.